The van der Waals surface area contributed by atoms with Crippen molar-refractivity contribution in [3.8, 4) is 11.5 Å². The number of hydrogen-bond donors (Lipinski definition) is 1. The molecule has 5 rings (SSSR count). The number of piperidine rings is 1. The van der Waals surface area contributed by atoms with Crippen molar-refractivity contribution in [2.75, 3.05) is 39.6 Å². The summed E-state index contributed by atoms with van der Waals surface area (Å²) < 4.78 is 12.3. The second-order valence-corrected chi connectivity index (χ2v) is 13.7. The van der Waals surface area contributed by atoms with Crippen molar-refractivity contribution < 1.29 is 14.3 Å². The summed E-state index contributed by atoms with van der Waals surface area (Å²) in [7, 11) is 3.41. The summed E-state index contributed by atoms with van der Waals surface area (Å²) in [4.78, 5) is 16.6. The van der Waals surface area contributed by atoms with Crippen LogP contribution in [0.4, 0.5) is 0 Å². The molecule has 8 heteroatoms. The zero-order valence-corrected chi connectivity index (χ0v) is 26.8. The molecule has 0 radical (unpaired) electrons. The highest BCUT2D eigenvalue weighted by Gasteiger charge is 2.41. The molecule has 4 unspecified atom stereocenters. The van der Waals surface area contributed by atoms with Gasteiger partial charge in [0.15, 0.2) is 11.5 Å². The van der Waals surface area contributed by atoms with E-state index >= 15 is 0 Å². The van der Waals surface area contributed by atoms with Crippen LogP contribution in [0.25, 0.3) is 0 Å². The number of primary amides is 1. The lowest BCUT2D eigenvalue weighted by Gasteiger charge is -2.49. The Labute approximate surface area is 255 Å². The molecule has 3 aliphatic heterocycles. The zero-order valence-electron chi connectivity index (χ0n) is 25.2. The molecule has 3 aliphatic rings. The van der Waals surface area contributed by atoms with Gasteiger partial charge in [-0.2, -0.15) is 0 Å². The van der Waals surface area contributed by atoms with Gasteiger partial charge in [-0.05, 0) is 96.9 Å². The van der Waals surface area contributed by atoms with Gasteiger partial charge in [0, 0.05) is 37.8 Å². The zero-order chi connectivity index (χ0) is 29.3. The highest BCUT2D eigenvalue weighted by Crippen LogP contribution is 2.48. The second-order valence-electron chi connectivity index (χ2n) is 12.0. The van der Waals surface area contributed by atoms with Crippen molar-refractivity contribution >= 4 is 34.2 Å². The van der Waals surface area contributed by atoms with Crippen LogP contribution in [0.3, 0.4) is 0 Å². The van der Waals surface area contributed by atoms with Gasteiger partial charge in [-0.3, -0.25) is 9.69 Å². The Morgan fingerprint density at radius 2 is 1.68 bits per heavy atom. The maximum absolute atomic E-state index is 11.4. The molecule has 1 amide bonds. The maximum atomic E-state index is 11.4. The van der Waals surface area contributed by atoms with Crippen molar-refractivity contribution in [3.05, 3.63) is 57.6 Å². The predicted octanol–water partition coefficient (Wildman–Crippen LogP) is 6.15. The number of fused-ring (bicyclic) bond motifs is 4. The molecule has 0 aliphatic carbocycles. The number of hydrogen-bond acceptors (Lipinski definition) is 6. The third-order valence-corrected chi connectivity index (χ3v) is 11.2. The molecule has 3 heterocycles. The number of benzene rings is 2. The van der Waals surface area contributed by atoms with Crippen LogP contribution in [0.1, 0.15) is 78.1 Å². The first kappa shape index (κ1) is 30.2. The van der Waals surface area contributed by atoms with E-state index in [1.807, 2.05) is 0 Å². The van der Waals surface area contributed by atoms with Crippen LogP contribution in [0, 0.1) is 25.7 Å². The topological polar surface area (TPSA) is 68.0 Å². The Kier molecular flexibility index (Phi) is 9.51. The van der Waals surface area contributed by atoms with E-state index in [1.54, 1.807) is 31.5 Å². The summed E-state index contributed by atoms with van der Waals surface area (Å²) in [6.45, 7) is 10.0. The van der Waals surface area contributed by atoms with E-state index in [0.29, 0.717) is 30.1 Å². The number of carbonyl (C=O) groups is 1. The van der Waals surface area contributed by atoms with E-state index in [0.717, 1.165) is 54.7 Å². The van der Waals surface area contributed by atoms with Crippen LogP contribution in [0.15, 0.2) is 24.3 Å². The van der Waals surface area contributed by atoms with Crippen LogP contribution in [-0.4, -0.2) is 59.6 Å². The largest absolute Gasteiger partial charge is 0.493 e. The van der Waals surface area contributed by atoms with Gasteiger partial charge in [0.05, 0.1) is 20.3 Å². The number of methoxy groups -OCH3 is 2. The van der Waals surface area contributed by atoms with Crippen molar-refractivity contribution in [1.82, 2.24) is 9.80 Å². The van der Waals surface area contributed by atoms with Crippen LogP contribution >= 0.6 is 24.0 Å². The molecular weight excluding hydrogens is 551 g/mol. The second kappa shape index (κ2) is 12.9. The van der Waals surface area contributed by atoms with Gasteiger partial charge >= 0.3 is 0 Å². The molecule has 222 valence electrons. The molecule has 6 nitrogen and oxygen atoms in total. The normalized spacial score (nSPS) is 23.8. The smallest absolute Gasteiger partial charge is 0.218 e. The number of thiocarbonyl (C=S) groups is 1. The Morgan fingerprint density at radius 3 is 2.39 bits per heavy atom. The molecule has 1 fully saturated rings. The molecule has 4 atom stereocenters. The van der Waals surface area contributed by atoms with Gasteiger partial charge in [0.2, 0.25) is 5.91 Å². The number of aryl methyl sites for hydroxylation is 2. The minimum absolute atomic E-state index is 0.153. The number of amides is 1. The Balaban J connectivity index is 1.48. The summed E-state index contributed by atoms with van der Waals surface area (Å²) in [5.74, 6) is 3.08. The highest BCUT2D eigenvalue weighted by atomic mass is 32.2. The van der Waals surface area contributed by atoms with Crippen molar-refractivity contribution in [2.45, 2.75) is 71.4 Å². The minimum Gasteiger partial charge on any atom is -0.493 e. The number of ether oxygens (including phenoxy) is 2. The van der Waals surface area contributed by atoms with E-state index in [2.05, 4.69) is 54.8 Å². The fraction of sp³-hybridized carbons (Fsp3) is 0.576. The van der Waals surface area contributed by atoms with Gasteiger partial charge in [-0.25, -0.2) is 0 Å². The third kappa shape index (κ3) is 6.25. The SMILES string of the molecule is CCC1CN2CCc3cc(C)c(C)cc3C2CC1CC1c2cc(OC)c(OC)cc2CCN1C(=S)SCCC(N)=O. The predicted molar refractivity (Wildman–Crippen MR) is 172 cm³/mol. The van der Waals surface area contributed by atoms with Crippen molar-refractivity contribution in [3.63, 3.8) is 0 Å². The minimum atomic E-state index is -0.284. The number of nitrogens with zero attached hydrogens (tertiary/aromatic N) is 2. The summed E-state index contributed by atoms with van der Waals surface area (Å²) >= 11 is 7.59. The Morgan fingerprint density at radius 1 is 1.00 bits per heavy atom. The van der Waals surface area contributed by atoms with E-state index < -0.39 is 0 Å². The Bertz CT molecular complexity index is 1300. The fourth-order valence-electron chi connectivity index (χ4n) is 7.33. The molecule has 2 aromatic rings. The first-order valence-corrected chi connectivity index (χ1v) is 16.4. The van der Waals surface area contributed by atoms with Gasteiger partial charge in [0.25, 0.3) is 0 Å². The van der Waals surface area contributed by atoms with E-state index in [9.17, 15) is 4.79 Å². The lowest BCUT2D eigenvalue weighted by molar-refractivity contribution is -0.117. The molecule has 0 bridgehead atoms. The average Bonchev–Trinajstić information content (AvgIpc) is 2.96. The lowest BCUT2D eigenvalue weighted by atomic mass is 9.72. The molecule has 0 spiro atoms. The quantitative estimate of drug-likeness (QED) is 0.367. The highest BCUT2D eigenvalue weighted by molar-refractivity contribution is 8.22. The first-order chi connectivity index (χ1) is 19.7. The van der Waals surface area contributed by atoms with E-state index in [-0.39, 0.29) is 11.9 Å². The molecular formula is C33H45N3O3S2. The van der Waals surface area contributed by atoms with Crippen LogP contribution < -0.4 is 15.2 Å². The molecule has 2 N–H and O–H groups in total. The van der Waals surface area contributed by atoms with Crippen molar-refractivity contribution in [2.24, 2.45) is 17.6 Å². The number of carbonyl (C=O) groups excluding carboxylic acids is 1. The standard InChI is InChI=1S/C33H45N3O3S2/c1-6-22-19-35-10-7-23-13-20(2)21(3)14-26(23)28(35)15-25(22)16-29-27-18-31(39-5)30(38-4)17-24(27)8-11-36(29)33(40)41-12-9-32(34)37/h13-14,17-18,22,25,28-29H,6-12,15-16,19H2,1-5H3,(H2,34,37). The van der Waals surface area contributed by atoms with Crippen LogP contribution in [0.2, 0.25) is 0 Å². The summed E-state index contributed by atoms with van der Waals surface area (Å²) in [6.07, 6.45) is 5.77. The van der Waals surface area contributed by atoms with Gasteiger partial charge in [0.1, 0.15) is 4.32 Å². The van der Waals surface area contributed by atoms with E-state index in [4.69, 9.17) is 27.4 Å². The van der Waals surface area contributed by atoms with E-state index in [1.165, 1.54) is 40.7 Å². The van der Waals surface area contributed by atoms with Gasteiger partial charge in [-0.1, -0.05) is 49.5 Å². The van der Waals surface area contributed by atoms with Gasteiger partial charge < -0.3 is 20.1 Å². The third-order valence-electron chi connectivity index (χ3n) is 9.75. The lowest BCUT2D eigenvalue weighted by Crippen LogP contribution is -2.47. The van der Waals surface area contributed by atoms with Gasteiger partial charge in [-0.15, -0.1) is 0 Å². The Hall–Kier alpha value is -2.29. The maximum Gasteiger partial charge on any atom is 0.218 e. The molecule has 41 heavy (non-hydrogen) atoms. The number of rotatable bonds is 8. The van der Waals surface area contributed by atoms with Crippen molar-refractivity contribution in [1.29, 1.82) is 0 Å². The fourth-order valence-corrected chi connectivity index (χ4v) is 8.66. The summed E-state index contributed by atoms with van der Waals surface area (Å²) in [6, 6.07) is 9.87. The molecule has 1 saturated heterocycles. The summed E-state index contributed by atoms with van der Waals surface area (Å²) in [5.41, 5.74) is 13.9. The number of thioether (sulfide) groups is 1. The average molecular weight is 596 g/mol. The number of nitrogens with two attached hydrogens (primary N) is 1. The molecule has 0 aromatic heterocycles. The molecule has 2 aromatic carbocycles. The monoisotopic (exact) mass is 595 g/mol. The molecule has 0 saturated carbocycles. The first-order valence-electron chi connectivity index (χ1n) is 15.0. The van der Waals surface area contributed by atoms with Crippen LogP contribution in [0.5, 0.6) is 11.5 Å². The van der Waals surface area contributed by atoms with Crippen LogP contribution in [-0.2, 0) is 17.6 Å². The summed E-state index contributed by atoms with van der Waals surface area (Å²) in [5, 5.41) is 0.